The minimum Gasteiger partial charge on any atom is -0.366 e. The van der Waals surface area contributed by atoms with Gasteiger partial charge in [0.15, 0.2) is 0 Å². The van der Waals surface area contributed by atoms with E-state index in [0.717, 1.165) is 12.1 Å². The van der Waals surface area contributed by atoms with E-state index in [1.807, 2.05) is 18.9 Å². The first-order chi connectivity index (χ1) is 11.5. The van der Waals surface area contributed by atoms with Gasteiger partial charge in [0.05, 0.1) is 0 Å². The predicted octanol–water partition coefficient (Wildman–Crippen LogP) is 3.16. The number of nitrogens with zero attached hydrogens (tertiary/aromatic N) is 4. The smallest absolute Gasteiger partial charge is 0.248 e. The van der Waals surface area contributed by atoms with E-state index >= 15 is 0 Å². The zero-order chi connectivity index (χ0) is 18.8. The van der Waals surface area contributed by atoms with Crippen LogP contribution in [0.1, 0.15) is 36.7 Å². The number of aromatic nitrogens is 3. The molecule has 0 aliphatic rings. The number of hydrogen-bond donors (Lipinski definition) is 2. The van der Waals surface area contributed by atoms with Gasteiger partial charge in [-0.1, -0.05) is 26.8 Å². The van der Waals surface area contributed by atoms with E-state index in [4.69, 9.17) is 17.3 Å². The molecule has 25 heavy (non-hydrogen) atoms. The molecule has 0 aliphatic carbocycles. The normalized spacial score (nSPS) is 11.3. The van der Waals surface area contributed by atoms with E-state index in [9.17, 15) is 4.79 Å². The number of aryl methyl sites for hydroxylation is 1. The summed E-state index contributed by atoms with van der Waals surface area (Å²) < 4.78 is 0. The molecule has 0 spiro atoms. The maximum Gasteiger partial charge on any atom is 0.248 e. The summed E-state index contributed by atoms with van der Waals surface area (Å²) >= 11 is 6.05. The van der Waals surface area contributed by atoms with Crippen LogP contribution in [0.5, 0.6) is 0 Å². The quantitative estimate of drug-likeness (QED) is 0.847. The highest BCUT2D eigenvalue weighted by Gasteiger charge is 2.17. The van der Waals surface area contributed by atoms with Gasteiger partial charge in [0, 0.05) is 24.8 Å². The van der Waals surface area contributed by atoms with E-state index in [-0.39, 0.29) is 10.7 Å². The summed E-state index contributed by atoms with van der Waals surface area (Å²) in [4.78, 5) is 26.0. The number of anilines is 3. The number of carbonyl (C=O) groups excluding carboxylic acids is 1. The first-order valence-corrected chi connectivity index (χ1v) is 8.23. The first-order valence-electron chi connectivity index (χ1n) is 7.85. The summed E-state index contributed by atoms with van der Waals surface area (Å²) in [5.41, 5.74) is 7.42. The highest BCUT2D eigenvalue weighted by Crippen LogP contribution is 2.23. The van der Waals surface area contributed by atoms with Crippen LogP contribution in [0.2, 0.25) is 5.28 Å². The summed E-state index contributed by atoms with van der Waals surface area (Å²) in [7, 11) is 1.90. The molecule has 0 atom stereocenters. The van der Waals surface area contributed by atoms with E-state index in [0.29, 0.717) is 23.1 Å². The van der Waals surface area contributed by atoms with Crippen molar-refractivity contribution < 1.29 is 4.79 Å². The van der Waals surface area contributed by atoms with Gasteiger partial charge in [0.1, 0.15) is 0 Å². The van der Waals surface area contributed by atoms with Crippen LogP contribution in [0.25, 0.3) is 0 Å². The molecule has 0 saturated carbocycles. The maximum atomic E-state index is 11.4. The van der Waals surface area contributed by atoms with Crippen LogP contribution in [0.15, 0.2) is 18.2 Å². The molecule has 0 saturated heterocycles. The molecule has 7 nitrogen and oxygen atoms in total. The van der Waals surface area contributed by atoms with Gasteiger partial charge in [-0.25, -0.2) is 0 Å². The summed E-state index contributed by atoms with van der Waals surface area (Å²) in [5, 5.41) is 3.18. The average molecular weight is 363 g/mol. The van der Waals surface area contributed by atoms with Crippen molar-refractivity contribution in [3.05, 3.63) is 34.6 Å². The van der Waals surface area contributed by atoms with Crippen LogP contribution in [0.4, 0.5) is 17.6 Å². The second-order valence-corrected chi connectivity index (χ2v) is 7.50. The van der Waals surface area contributed by atoms with Crippen LogP contribution in [-0.4, -0.2) is 34.5 Å². The summed E-state index contributed by atoms with van der Waals surface area (Å²) in [6, 6.07) is 5.14. The third-order valence-electron chi connectivity index (χ3n) is 3.42. The molecule has 2 rings (SSSR count). The molecule has 1 aromatic heterocycles. The number of halogens is 1. The minimum atomic E-state index is -0.498. The zero-order valence-electron chi connectivity index (χ0n) is 15.1. The molecule has 2 aromatic rings. The molecule has 0 radical (unpaired) electrons. The molecule has 1 aromatic carbocycles. The van der Waals surface area contributed by atoms with Gasteiger partial charge in [-0.3, -0.25) is 4.79 Å². The molecular formula is C17H23ClN6O. The monoisotopic (exact) mass is 362 g/mol. The lowest BCUT2D eigenvalue weighted by Crippen LogP contribution is -2.30. The lowest BCUT2D eigenvalue weighted by Gasteiger charge is -2.26. The van der Waals surface area contributed by atoms with Crippen LogP contribution in [0.3, 0.4) is 0 Å². The minimum absolute atomic E-state index is 0.0772. The van der Waals surface area contributed by atoms with Crippen molar-refractivity contribution in [3.8, 4) is 0 Å². The van der Waals surface area contributed by atoms with E-state index < -0.39 is 5.91 Å². The van der Waals surface area contributed by atoms with Crippen LogP contribution in [-0.2, 0) is 0 Å². The van der Waals surface area contributed by atoms with Crippen molar-refractivity contribution in [2.24, 2.45) is 11.1 Å². The number of carbonyl (C=O) groups is 1. The second-order valence-electron chi connectivity index (χ2n) is 7.16. The van der Waals surface area contributed by atoms with Crippen LogP contribution < -0.4 is 16.0 Å². The highest BCUT2D eigenvalue weighted by molar-refractivity contribution is 6.28. The number of benzene rings is 1. The number of amides is 1. The third kappa shape index (κ3) is 5.29. The summed E-state index contributed by atoms with van der Waals surface area (Å²) in [6.45, 7) is 9.05. The summed E-state index contributed by atoms with van der Waals surface area (Å²) in [5.74, 6) is 0.281. The third-order valence-corrected chi connectivity index (χ3v) is 3.59. The number of nitrogens with two attached hydrogens (primary N) is 1. The van der Waals surface area contributed by atoms with Crippen LogP contribution in [0, 0.1) is 12.3 Å². The molecule has 0 bridgehead atoms. The van der Waals surface area contributed by atoms with Crippen molar-refractivity contribution in [1.29, 1.82) is 0 Å². The number of rotatable bonds is 5. The SMILES string of the molecule is Cc1ccc(C(N)=O)cc1Nc1nc(Cl)nc(N(C)CC(C)(C)C)n1. The predicted molar refractivity (Wildman–Crippen MR) is 101 cm³/mol. The van der Waals surface area contributed by atoms with Gasteiger partial charge in [-0.15, -0.1) is 0 Å². The Balaban J connectivity index is 2.32. The number of nitrogens with one attached hydrogen (secondary N) is 1. The maximum absolute atomic E-state index is 11.4. The Hall–Kier alpha value is -2.41. The summed E-state index contributed by atoms with van der Waals surface area (Å²) in [6.07, 6.45) is 0. The Morgan fingerprint density at radius 1 is 1.28 bits per heavy atom. The topological polar surface area (TPSA) is 97.0 Å². The Kier molecular flexibility index (Phi) is 5.47. The first kappa shape index (κ1) is 18.9. The van der Waals surface area contributed by atoms with E-state index in [1.54, 1.807) is 18.2 Å². The van der Waals surface area contributed by atoms with Gasteiger partial charge < -0.3 is 16.0 Å². The molecular weight excluding hydrogens is 340 g/mol. The molecule has 8 heteroatoms. The average Bonchev–Trinajstić information content (AvgIpc) is 2.47. The largest absolute Gasteiger partial charge is 0.366 e. The van der Waals surface area contributed by atoms with Crippen molar-refractivity contribution >= 4 is 35.1 Å². The Morgan fingerprint density at radius 3 is 2.56 bits per heavy atom. The van der Waals surface area contributed by atoms with Crippen molar-refractivity contribution in [1.82, 2.24) is 15.0 Å². The van der Waals surface area contributed by atoms with Crippen molar-refractivity contribution in [2.75, 3.05) is 23.8 Å². The van der Waals surface area contributed by atoms with Gasteiger partial charge in [0.25, 0.3) is 0 Å². The zero-order valence-corrected chi connectivity index (χ0v) is 15.8. The van der Waals surface area contributed by atoms with Crippen molar-refractivity contribution in [2.45, 2.75) is 27.7 Å². The lowest BCUT2D eigenvalue weighted by atomic mass is 9.96. The molecule has 1 amide bonds. The molecule has 0 unspecified atom stereocenters. The van der Waals surface area contributed by atoms with Crippen LogP contribution >= 0.6 is 11.6 Å². The van der Waals surface area contributed by atoms with Crippen molar-refractivity contribution in [3.63, 3.8) is 0 Å². The Bertz CT molecular complexity index is 787. The molecule has 3 N–H and O–H groups in total. The molecule has 134 valence electrons. The van der Waals surface area contributed by atoms with Gasteiger partial charge in [-0.05, 0) is 41.6 Å². The fourth-order valence-electron chi connectivity index (χ4n) is 2.38. The van der Waals surface area contributed by atoms with Gasteiger partial charge in [0.2, 0.25) is 23.1 Å². The van der Waals surface area contributed by atoms with E-state index in [1.165, 1.54) is 0 Å². The fraction of sp³-hybridized carbons (Fsp3) is 0.412. The number of hydrogen-bond acceptors (Lipinski definition) is 6. The lowest BCUT2D eigenvalue weighted by molar-refractivity contribution is 0.100. The molecule has 0 fully saturated rings. The Morgan fingerprint density at radius 2 is 1.96 bits per heavy atom. The fourth-order valence-corrected chi connectivity index (χ4v) is 2.53. The Labute approximate surface area is 152 Å². The van der Waals surface area contributed by atoms with Gasteiger partial charge in [-0.2, -0.15) is 15.0 Å². The second kappa shape index (κ2) is 7.23. The molecule has 0 aliphatic heterocycles. The standard InChI is InChI=1S/C17H23ClN6O/c1-10-6-7-11(13(19)25)8-12(10)20-15-21-14(18)22-16(23-15)24(5)9-17(2,3)4/h6-8H,9H2,1-5H3,(H2,19,25)(H,20,21,22,23). The molecule has 1 heterocycles. The van der Waals surface area contributed by atoms with Gasteiger partial charge >= 0.3 is 0 Å². The van der Waals surface area contributed by atoms with E-state index in [2.05, 4.69) is 41.0 Å². The number of primary amides is 1. The highest BCUT2D eigenvalue weighted by atomic mass is 35.5.